The molecule has 5 aliphatic rings. The van der Waals surface area contributed by atoms with Crippen molar-refractivity contribution in [3.05, 3.63) is 12.2 Å². The summed E-state index contributed by atoms with van der Waals surface area (Å²) >= 11 is 0. The Labute approximate surface area is 190 Å². The summed E-state index contributed by atoms with van der Waals surface area (Å²) in [4.78, 5) is 42.7. The zero-order valence-electron chi connectivity index (χ0n) is 19.6. The van der Waals surface area contributed by atoms with Crippen molar-refractivity contribution in [3.63, 3.8) is 0 Å². The summed E-state index contributed by atoms with van der Waals surface area (Å²) in [6, 6.07) is -0.509. The summed E-state index contributed by atoms with van der Waals surface area (Å²) in [7, 11) is 0. The molecular formula is C25H37N3O4. The first-order valence-corrected chi connectivity index (χ1v) is 12.5. The van der Waals surface area contributed by atoms with Crippen molar-refractivity contribution in [3.8, 4) is 0 Å². The molecule has 3 aliphatic heterocycles. The van der Waals surface area contributed by atoms with Gasteiger partial charge in [-0.25, -0.2) is 0 Å². The third-order valence-corrected chi connectivity index (χ3v) is 8.03. The van der Waals surface area contributed by atoms with Crippen molar-refractivity contribution in [2.75, 3.05) is 0 Å². The molecule has 2 bridgehead atoms. The van der Waals surface area contributed by atoms with Crippen LogP contribution >= 0.6 is 0 Å². The summed E-state index contributed by atoms with van der Waals surface area (Å²) in [6.45, 7) is 5.83. The lowest BCUT2D eigenvalue weighted by Gasteiger charge is -2.37. The number of likely N-dealkylation sites (tertiary alicyclic amines) is 1. The van der Waals surface area contributed by atoms with Gasteiger partial charge in [-0.3, -0.25) is 14.4 Å². The van der Waals surface area contributed by atoms with E-state index >= 15 is 0 Å². The number of nitrogens with one attached hydrogen (secondary N) is 2. The van der Waals surface area contributed by atoms with Gasteiger partial charge in [-0.05, 0) is 46.5 Å². The van der Waals surface area contributed by atoms with Crippen molar-refractivity contribution in [1.82, 2.24) is 15.5 Å². The number of hydrogen-bond acceptors (Lipinski definition) is 4. The van der Waals surface area contributed by atoms with E-state index in [1.807, 2.05) is 32.9 Å². The SMILES string of the molecule is CC(C)(C)NC(=O)[C@H]1N(C2CCCC2)C(=O)[C@H]2[C@@H](C(=O)NC3CCCCC3)[C@H]3C=C[C@@]21O3. The third kappa shape index (κ3) is 3.47. The number of carbonyl (C=O) groups excluding carboxylic acids is 3. The standard InChI is InChI=1S/C25H37N3O4/c1-24(2,3)27-22(30)20-25-14-13-17(32-25)18(21(29)26-15-9-5-4-6-10-15)19(25)23(31)28(20)16-11-7-8-12-16/h13-20H,4-12H2,1-3H3,(H,26,29)(H,27,30)/t17-,18+,19-,20-,25-/m1/s1. The Morgan fingerprint density at radius 2 is 1.69 bits per heavy atom. The smallest absolute Gasteiger partial charge is 0.246 e. The van der Waals surface area contributed by atoms with Crippen LogP contribution in [-0.4, -0.2) is 58.0 Å². The lowest BCUT2D eigenvalue weighted by atomic mass is 9.74. The number of nitrogens with zero attached hydrogens (tertiary/aromatic N) is 1. The molecule has 0 radical (unpaired) electrons. The molecule has 2 aliphatic carbocycles. The quantitative estimate of drug-likeness (QED) is 0.654. The molecule has 3 heterocycles. The van der Waals surface area contributed by atoms with Gasteiger partial charge in [0.15, 0.2) is 0 Å². The van der Waals surface area contributed by atoms with Gasteiger partial charge in [-0.2, -0.15) is 0 Å². The van der Waals surface area contributed by atoms with Crippen LogP contribution in [0, 0.1) is 11.8 Å². The van der Waals surface area contributed by atoms with Gasteiger partial charge in [-0.1, -0.05) is 44.3 Å². The molecule has 5 atom stereocenters. The van der Waals surface area contributed by atoms with Crippen LogP contribution < -0.4 is 10.6 Å². The minimum Gasteiger partial charge on any atom is -0.359 e. The fourth-order valence-electron chi connectivity index (χ4n) is 6.76. The lowest BCUT2D eigenvalue weighted by Crippen LogP contribution is -2.59. The summed E-state index contributed by atoms with van der Waals surface area (Å²) in [5.41, 5.74) is -1.47. The van der Waals surface area contributed by atoms with E-state index in [1.54, 1.807) is 4.90 Å². The molecule has 32 heavy (non-hydrogen) atoms. The Kier molecular flexibility index (Phi) is 5.38. The fraction of sp³-hybridized carbons (Fsp3) is 0.800. The number of fused-ring (bicyclic) bond motifs is 1. The maximum absolute atomic E-state index is 13.9. The zero-order chi connectivity index (χ0) is 22.7. The van der Waals surface area contributed by atoms with Crippen LogP contribution in [0.15, 0.2) is 12.2 Å². The molecule has 2 saturated heterocycles. The van der Waals surface area contributed by atoms with Crippen molar-refractivity contribution in [2.45, 2.75) is 114 Å². The molecule has 1 spiro atoms. The second kappa shape index (κ2) is 7.86. The molecule has 7 nitrogen and oxygen atoms in total. The molecule has 7 heteroatoms. The zero-order valence-corrected chi connectivity index (χ0v) is 19.6. The summed E-state index contributed by atoms with van der Waals surface area (Å²) in [5.74, 6) is -1.54. The van der Waals surface area contributed by atoms with Crippen molar-refractivity contribution >= 4 is 17.7 Å². The molecular weight excluding hydrogens is 406 g/mol. The minimum absolute atomic E-state index is 0.0382. The number of carbonyl (C=O) groups is 3. The largest absolute Gasteiger partial charge is 0.359 e. The van der Waals surface area contributed by atoms with E-state index < -0.39 is 35.1 Å². The van der Waals surface area contributed by atoms with E-state index in [2.05, 4.69) is 10.6 Å². The van der Waals surface area contributed by atoms with Gasteiger partial charge in [0.2, 0.25) is 17.7 Å². The third-order valence-electron chi connectivity index (χ3n) is 8.03. The monoisotopic (exact) mass is 443 g/mol. The first kappa shape index (κ1) is 21.9. The fourth-order valence-corrected chi connectivity index (χ4v) is 6.76. The van der Waals surface area contributed by atoms with E-state index in [-0.39, 0.29) is 29.8 Å². The van der Waals surface area contributed by atoms with E-state index in [4.69, 9.17) is 4.74 Å². The van der Waals surface area contributed by atoms with E-state index in [9.17, 15) is 14.4 Å². The van der Waals surface area contributed by atoms with Gasteiger partial charge in [0.1, 0.15) is 11.6 Å². The Bertz CT molecular complexity index is 822. The maximum atomic E-state index is 13.9. The molecule has 0 aromatic heterocycles. The molecule has 2 N–H and O–H groups in total. The number of hydrogen-bond donors (Lipinski definition) is 2. The highest BCUT2D eigenvalue weighted by Crippen LogP contribution is 2.56. The normalized spacial score (nSPS) is 37.2. The van der Waals surface area contributed by atoms with Crippen molar-refractivity contribution < 1.29 is 19.1 Å². The molecule has 5 rings (SSSR count). The number of amides is 3. The van der Waals surface area contributed by atoms with Crippen molar-refractivity contribution in [2.24, 2.45) is 11.8 Å². The van der Waals surface area contributed by atoms with Gasteiger partial charge in [-0.15, -0.1) is 0 Å². The van der Waals surface area contributed by atoms with Gasteiger partial charge in [0.05, 0.1) is 17.9 Å². The first-order valence-electron chi connectivity index (χ1n) is 12.5. The molecule has 0 unspecified atom stereocenters. The van der Waals surface area contributed by atoms with Crippen LogP contribution in [0.1, 0.15) is 78.6 Å². The second-order valence-corrected chi connectivity index (χ2v) is 11.5. The lowest BCUT2D eigenvalue weighted by molar-refractivity contribution is -0.144. The van der Waals surface area contributed by atoms with Crippen LogP contribution in [0.5, 0.6) is 0 Å². The Morgan fingerprint density at radius 1 is 1.03 bits per heavy atom. The van der Waals surface area contributed by atoms with E-state index in [0.717, 1.165) is 51.4 Å². The van der Waals surface area contributed by atoms with Gasteiger partial charge in [0.25, 0.3) is 0 Å². The Morgan fingerprint density at radius 3 is 2.34 bits per heavy atom. The molecule has 4 fully saturated rings. The minimum atomic E-state index is -1.05. The van der Waals surface area contributed by atoms with Crippen LogP contribution in [0.4, 0.5) is 0 Å². The van der Waals surface area contributed by atoms with Crippen LogP contribution in [-0.2, 0) is 19.1 Å². The Hall–Kier alpha value is -1.89. The molecule has 2 saturated carbocycles. The second-order valence-electron chi connectivity index (χ2n) is 11.5. The summed E-state index contributed by atoms with van der Waals surface area (Å²) in [5, 5.41) is 6.31. The average Bonchev–Trinajstić information content (AvgIpc) is 3.48. The summed E-state index contributed by atoms with van der Waals surface area (Å²) < 4.78 is 6.42. The molecule has 0 aromatic carbocycles. The topological polar surface area (TPSA) is 87.7 Å². The van der Waals surface area contributed by atoms with Crippen molar-refractivity contribution in [1.29, 1.82) is 0 Å². The van der Waals surface area contributed by atoms with Gasteiger partial charge >= 0.3 is 0 Å². The number of rotatable bonds is 4. The Balaban J connectivity index is 1.46. The number of ether oxygens (including phenoxy) is 1. The highest BCUT2D eigenvalue weighted by Gasteiger charge is 2.73. The predicted molar refractivity (Wildman–Crippen MR) is 120 cm³/mol. The summed E-state index contributed by atoms with van der Waals surface area (Å²) in [6.07, 6.45) is 12.8. The van der Waals surface area contributed by atoms with Crippen LogP contribution in [0.2, 0.25) is 0 Å². The maximum Gasteiger partial charge on any atom is 0.246 e. The predicted octanol–water partition coefficient (Wildman–Crippen LogP) is 2.44. The van der Waals surface area contributed by atoms with Crippen LogP contribution in [0.25, 0.3) is 0 Å². The highest BCUT2D eigenvalue weighted by molar-refractivity contribution is 6.00. The van der Waals surface area contributed by atoms with Gasteiger partial charge in [0, 0.05) is 17.6 Å². The van der Waals surface area contributed by atoms with Crippen LogP contribution in [0.3, 0.4) is 0 Å². The average molecular weight is 444 g/mol. The highest BCUT2D eigenvalue weighted by atomic mass is 16.5. The first-order chi connectivity index (χ1) is 15.2. The van der Waals surface area contributed by atoms with Gasteiger partial charge < -0.3 is 20.3 Å². The molecule has 176 valence electrons. The van der Waals surface area contributed by atoms with E-state index in [0.29, 0.717) is 0 Å². The van der Waals surface area contributed by atoms with E-state index in [1.165, 1.54) is 6.42 Å². The molecule has 3 amide bonds. The molecule has 0 aromatic rings.